The van der Waals surface area contributed by atoms with Crippen LogP contribution in [0.3, 0.4) is 0 Å². The third kappa shape index (κ3) is 5.86. The average molecular weight is 355 g/mol. The normalized spacial score (nSPS) is 12.8. The van der Waals surface area contributed by atoms with Crippen LogP contribution in [0.25, 0.3) is 0 Å². The van der Waals surface area contributed by atoms with E-state index in [-0.39, 0.29) is 0 Å². The highest BCUT2D eigenvalue weighted by atomic mass is 35.5. The summed E-state index contributed by atoms with van der Waals surface area (Å²) in [6.45, 7) is 1.51. The Morgan fingerprint density at radius 1 is 1.13 bits per heavy atom. The second-order valence-corrected chi connectivity index (χ2v) is 7.69. The summed E-state index contributed by atoms with van der Waals surface area (Å²) >= 11 is 5.84. The maximum absolute atomic E-state index is 11.0. The molecular formula is C17H19ClO4S. The fourth-order valence-corrected chi connectivity index (χ4v) is 2.74. The molecule has 6 heteroatoms. The SMILES string of the molecule is CC(CCCc1cccc(Oc2ccc(Cl)cc2)c1)S(=O)(=O)O. The molecule has 1 N–H and O–H groups in total. The Bertz CT molecular complexity index is 741. The molecule has 2 aromatic carbocycles. The first-order valence-corrected chi connectivity index (χ1v) is 9.21. The molecule has 0 amide bonds. The van der Waals surface area contributed by atoms with Crippen LogP contribution in [-0.2, 0) is 16.5 Å². The molecule has 0 fully saturated rings. The molecule has 0 spiro atoms. The van der Waals surface area contributed by atoms with E-state index in [4.69, 9.17) is 20.9 Å². The number of rotatable bonds is 7. The summed E-state index contributed by atoms with van der Waals surface area (Å²) in [7, 11) is -3.95. The molecule has 0 saturated carbocycles. The molecule has 0 aliphatic rings. The largest absolute Gasteiger partial charge is 0.457 e. The van der Waals surface area contributed by atoms with Crippen molar-refractivity contribution in [3.63, 3.8) is 0 Å². The zero-order valence-corrected chi connectivity index (χ0v) is 14.3. The van der Waals surface area contributed by atoms with E-state index in [1.807, 2.05) is 24.3 Å². The second-order valence-electron chi connectivity index (χ2n) is 5.42. The van der Waals surface area contributed by atoms with Crippen molar-refractivity contribution in [1.82, 2.24) is 0 Å². The van der Waals surface area contributed by atoms with Gasteiger partial charge in [0.15, 0.2) is 0 Å². The molecule has 4 nitrogen and oxygen atoms in total. The molecule has 0 radical (unpaired) electrons. The Morgan fingerprint density at radius 3 is 2.48 bits per heavy atom. The molecule has 2 rings (SSSR count). The number of benzene rings is 2. The minimum absolute atomic E-state index is 0.418. The van der Waals surface area contributed by atoms with E-state index in [0.29, 0.717) is 29.4 Å². The monoisotopic (exact) mass is 354 g/mol. The standard InChI is InChI=1S/C17H19ClO4S/c1-13(23(19,20)21)4-2-5-14-6-3-7-17(12-14)22-16-10-8-15(18)9-11-16/h3,6-13H,2,4-5H2,1H3,(H,19,20,21). The van der Waals surface area contributed by atoms with Crippen LogP contribution in [0.15, 0.2) is 48.5 Å². The zero-order chi connectivity index (χ0) is 16.9. The molecule has 23 heavy (non-hydrogen) atoms. The molecule has 2 aromatic rings. The maximum Gasteiger partial charge on any atom is 0.267 e. The van der Waals surface area contributed by atoms with Gasteiger partial charge in [0.1, 0.15) is 11.5 Å². The average Bonchev–Trinajstić information content (AvgIpc) is 2.49. The zero-order valence-electron chi connectivity index (χ0n) is 12.8. The van der Waals surface area contributed by atoms with E-state index in [2.05, 4.69) is 0 Å². The van der Waals surface area contributed by atoms with E-state index in [9.17, 15) is 8.42 Å². The molecule has 124 valence electrons. The summed E-state index contributed by atoms with van der Waals surface area (Å²) in [5, 5.41) is -0.0879. The molecule has 0 saturated heterocycles. The van der Waals surface area contributed by atoms with Gasteiger partial charge >= 0.3 is 0 Å². The first-order valence-electron chi connectivity index (χ1n) is 7.33. The lowest BCUT2D eigenvalue weighted by Gasteiger charge is -2.09. The topological polar surface area (TPSA) is 63.6 Å². The van der Waals surface area contributed by atoms with Crippen molar-refractivity contribution >= 4 is 21.7 Å². The first-order chi connectivity index (χ1) is 10.8. The highest BCUT2D eigenvalue weighted by Gasteiger charge is 2.16. The van der Waals surface area contributed by atoms with Crippen LogP contribution < -0.4 is 4.74 Å². The van der Waals surface area contributed by atoms with Gasteiger partial charge in [0.05, 0.1) is 5.25 Å². The van der Waals surface area contributed by atoms with E-state index in [1.165, 1.54) is 6.92 Å². The number of halogens is 1. The fourth-order valence-electron chi connectivity index (χ4n) is 2.15. The summed E-state index contributed by atoms with van der Waals surface area (Å²) in [6.07, 6.45) is 1.81. The van der Waals surface area contributed by atoms with Crippen LogP contribution in [0.5, 0.6) is 11.5 Å². The van der Waals surface area contributed by atoms with Gasteiger partial charge in [0.2, 0.25) is 0 Å². The Morgan fingerprint density at radius 2 is 1.83 bits per heavy atom. The molecule has 0 aromatic heterocycles. The van der Waals surface area contributed by atoms with E-state index in [0.717, 1.165) is 12.0 Å². The van der Waals surface area contributed by atoms with Crippen molar-refractivity contribution in [2.24, 2.45) is 0 Å². The van der Waals surface area contributed by atoms with Crippen LogP contribution in [0.4, 0.5) is 0 Å². The van der Waals surface area contributed by atoms with E-state index >= 15 is 0 Å². The molecule has 1 unspecified atom stereocenters. The van der Waals surface area contributed by atoms with Crippen LogP contribution in [0.2, 0.25) is 5.02 Å². The minimum atomic E-state index is -3.95. The number of ether oxygens (including phenoxy) is 1. The predicted octanol–water partition coefficient (Wildman–Crippen LogP) is 4.73. The number of hydrogen-bond acceptors (Lipinski definition) is 3. The van der Waals surface area contributed by atoms with Gasteiger partial charge in [-0.1, -0.05) is 23.7 Å². The van der Waals surface area contributed by atoms with Gasteiger partial charge in [0, 0.05) is 5.02 Å². The summed E-state index contributed by atoms with van der Waals surface area (Å²) in [5.74, 6) is 1.42. The third-order valence-electron chi connectivity index (χ3n) is 3.53. The van der Waals surface area contributed by atoms with Crippen molar-refractivity contribution < 1.29 is 17.7 Å². The van der Waals surface area contributed by atoms with Gasteiger partial charge in [-0.3, -0.25) is 4.55 Å². The van der Waals surface area contributed by atoms with Gasteiger partial charge in [-0.2, -0.15) is 8.42 Å². The molecule has 1 atom stereocenters. The van der Waals surface area contributed by atoms with Crippen molar-refractivity contribution in [2.75, 3.05) is 0 Å². The second kappa shape index (κ2) is 7.81. The minimum Gasteiger partial charge on any atom is -0.457 e. The van der Waals surface area contributed by atoms with Gasteiger partial charge in [-0.25, -0.2) is 0 Å². The number of aryl methyl sites for hydroxylation is 1. The summed E-state index contributed by atoms with van der Waals surface area (Å²) in [5.41, 5.74) is 1.05. The van der Waals surface area contributed by atoms with Crippen molar-refractivity contribution in [3.8, 4) is 11.5 Å². The van der Waals surface area contributed by atoms with Crippen LogP contribution in [-0.4, -0.2) is 18.2 Å². The van der Waals surface area contributed by atoms with E-state index < -0.39 is 15.4 Å². The Labute approximate surface area is 141 Å². The van der Waals surface area contributed by atoms with Crippen LogP contribution >= 0.6 is 11.6 Å². The van der Waals surface area contributed by atoms with Crippen molar-refractivity contribution in [1.29, 1.82) is 0 Å². The lowest BCUT2D eigenvalue weighted by molar-refractivity contribution is 0.463. The summed E-state index contributed by atoms with van der Waals surface area (Å²) in [4.78, 5) is 0. The van der Waals surface area contributed by atoms with Crippen LogP contribution in [0, 0.1) is 0 Å². The van der Waals surface area contributed by atoms with Gasteiger partial charge in [-0.05, 0) is 68.1 Å². The van der Waals surface area contributed by atoms with Gasteiger partial charge in [-0.15, -0.1) is 0 Å². The van der Waals surface area contributed by atoms with Gasteiger partial charge < -0.3 is 4.74 Å². The highest BCUT2D eigenvalue weighted by molar-refractivity contribution is 7.86. The van der Waals surface area contributed by atoms with Crippen molar-refractivity contribution in [2.45, 2.75) is 31.4 Å². The smallest absolute Gasteiger partial charge is 0.267 e. The molecule has 0 heterocycles. The Kier molecular flexibility index (Phi) is 6.04. The van der Waals surface area contributed by atoms with Crippen LogP contribution in [0.1, 0.15) is 25.3 Å². The number of hydrogen-bond donors (Lipinski definition) is 1. The molecule has 0 aliphatic heterocycles. The quantitative estimate of drug-likeness (QED) is 0.730. The summed E-state index contributed by atoms with van der Waals surface area (Å²) in [6, 6.07) is 14.8. The summed E-state index contributed by atoms with van der Waals surface area (Å²) < 4.78 is 36.7. The Hall–Kier alpha value is -1.56. The van der Waals surface area contributed by atoms with E-state index in [1.54, 1.807) is 24.3 Å². The Balaban J connectivity index is 1.93. The molecule has 0 bridgehead atoms. The maximum atomic E-state index is 11.0. The van der Waals surface area contributed by atoms with Crippen molar-refractivity contribution in [3.05, 3.63) is 59.1 Å². The van der Waals surface area contributed by atoms with Gasteiger partial charge in [0.25, 0.3) is 10.1 Å². The predicted molar refractivity (Wildman–Crippen MR) is 91.9 cm³/mol. The first kappa shape index (κ1) is 17.8. The molecule has 0 aliphatic carbocycles. The lowest BCUT2D eigenvalue weighted by Crippen LogP contribution is -2.16. The highest BCUT2D eigenvalue weighted by Crippen LogP contribution is 2.24. The lowest BCUT2D eigenvalue weighted by atomic mass is 10.1. The third-order valence-corrected chi connectivity index (χ3v) is 5.04. The fraction of sp³-hybridized carbons (Fsp3) is 0.294. The molecular weight excluding hydrogens is 336 g/mol.